The van der Waals surface area contributed by atoms with Gasteiger partial charge in [-0.25, -0.2) is 14.4 Å². The van der Waals surface area contributed by atoms with E-state index in [1.807, 2.05) is 0 Å². The van der Waals surface area contributed by atoms with E-state index in [0.29, 0.717) is 24.3 Å². The van der Waals surface area contributed by atoms with Gasteiger partial charge in [-0.3, -0.25) is 0 Å². The third-order valence-corrected chi connectivity index (χ3v) is 1.50. The quantitative estimate of drug-likeness (QED) is 0.433. The molecule has 8 heteroatoms. The lowest BCUT2D eigenvalue weighted by molar-refractivity contribution is -0.297. The van der Waals surface area contributed by atoms with Crippen molar-refractivity contribution in [3.05, 3.63) is 24.3 Å². The third kappa shape index (κ3) is 10.2. The zero-order chi connectivity index (χ0) is 14.8. The highest BCUT2D eigenvalue weighted by Crippen LogP contribution is 1.95. The van der Waals surface area contributed by atoms with Gasteiger partial charge >= 0.3 is 17.9 Å². The first-order valence-corrected chi connectivity index (χ1v) is 4.98. The number of carbonyl (C=O) groups is 4. The van der Waals surface area contributed by atoms with E-state index < -0.39 is 30.0 Å². The minimum absolute atomic E-state index is 0.298. The highest BCUT2D eigenvalue weighted by molar-refractivity contribution is 5.91. The normalized spacial score (nSPS) is 12.3. The SMILES string of the molecule is CC(COC(=O)/C=C\C(=O)O)OC(=O)/C=C\C(=O)[O-]. The minimum atomic E-state index is -1.55. The summed E-state index contributed by atoms with van der Waals surface area (Å²) in [5.41, 5.74) is 0. The number of hydrogen-bond acceptors (Lipinski definition) is 7. The second-order valence-corrected chi connectivity index (χ2v) is 3.20. The van der Waals surface area contributed by atoms with Crippen molar-refractivity contribution in [2.75, 3.05) is 6.61 Å². The number of rotatable bonds is 7. The van der Waals surface area contributed by atoms with Gasteiger partial charge in [0.15, 0.2) is 0 Å². The second kappa shape index (κ2) is 8.45. The molecule has 0 rings (SSSR count). The van der Waals surface area contributed by atoms with Crippen molar-refractivity contribution in [3.63, 3.8) is 0 Å². The maximum absolute atomic E-state index is 11.0. The highest BCUT2D eigenvalue weighted by atomic mass is 16.6. The number of esters is 2. The van der Waals surface area contributed by atoms with Crippen molar-refractivity contribution in [1.82, 2.24) is 0 Å². The van der Waals surface area contributed by atoms with Gasteiger partial charge in [-0.15, -0.1) is 0 Å². The van der Waals surface area contributed by atoms with Crippen LogP contribution in [0.15, 0.2) is 24.3 Å². The summed E-state index contributed by atoms with van der Waals surface area (Å²) in [7, 11) is 0. The van der Waals surface area contributed by atoms with Gasteiger partial charge < -0.3 is 24.5 Å². The van der Waals surface area contributed by atoms with Crippen molar-refractivity contribution < 1.29 is 38.9 Å². The van der Waals surface area contributed by atoms with Gasteiger partial charge in [0.2, 0.25) is 0 Å². The van der Waals surface area contributed by atoms with E-state index in [1.54, 1.807) is 0 Å². The molecule has 1 atom stereocenters. The van der Waals surface area contributed by atoms with Crippen LogP contribution in [0.2, 0.25) is 0 Å². The van der Waals surface area contributed by atoms with E-state index in [0.717, 1.165) is 0 Å². The van der Waals surface area contributed by atoms with E-state index in [1.165, 1.54) is 6.92 Å². The highest BCUT2D eigenvalue weighted by Gasteiger charge is 2.09. The van der Waals surface area contributed by atoms with Gasteiger partial charge in [-0.05, 0) is 13.0 Å². The van der Waals surface area contributed by atoms with Gasteiger partial charge in [-0.2, -0.15) is 0 Å². The minimum Gasteiger partial charge on any atom is -0.545 e. The zero-order valence-corrected chi connectivity index (χ0v) is 9.90. The lowest BCUT2D eigenvalue weighted by Crippen LogP contribution is -2.22. The summed E-state index contributed by atoms with van der Waals surface area (Å²) >= 11 is 0. The van der Waals surface area contributed by atoms with Crippen LogP contribution in [-0.2, 0) is 28.7 Å². The van der Waals surface area contributed by atoms with Gasteiger partial charge in [0, 0.05) is 18.2 Å². The molecule has 0 saturated heterocycles. The molecular weight excluding hydrogens is 260 g/mol. The molecule has 0 aliphatic rings. The van der Waals surface area contributed by atoms with Crippen LogP contribution in [0.4, 0.5) is 0 Å². The summed E-state index contributed by atoms with van der Waals surface area (Å²) in [4.78, 5) is 42.0. The Morgan fingerprint density at radius 1 is 1.11 bits per heavy atom. The second-order valence-electron chi connectivity index (χ2n) is 3.20. The predicted molar refractivity (Wildman–Crippen MR) is 57.4 cm³/mol. The van der Waals surface area contributed by atoms with Crippen LogP contribution in [0.25, 0.3) is 0 Å². The van der Waals surface area contributed by atoms with E-state index >= 15 is 0 Å². The molecule has 0 heterocycles. The summed E-state index contributed by atoms with van der Waals surface area (Å²) < 4.78 is 9.20. The van der Waals surface area contributed by atoms with Crippen LogP contribution in [0, 0.1) is 0 Å². The van der Waals surface area contributed by atoms with Crippen LogP contribution < -0.4 is 5.11 Å². The van der Waals surface area contributed by atoms with Crippen LogP contribution in [0.1, 0.15) is 6.92 Å². The van der Waals surface area contributed by atoms with Crippen molar-refractivity contribution >= 4 is 23.9 Å². The molecule has 0 aliphatic heterocycles. The fourth-order valence-corrected chi connectivity index (χ4v) is 0.795. The topological polar surface area (TPSA) is 130 Å². The van der Waals surface area contributed by atoms with Crippen molar-refractivity contribution in [3.8, 4) is 0 Å². The molecule has 0 radical (unpaired) electrons. The Morgan fingerprint density at radius 3 is 2.21 bits per heavy atom. The molecule has 0 amide bonds. The number of carbonyl (C=O) groups excluding carboxylic acids is 3. The maximum atomic E-state index is 11.0. The van der Waals surface area contributed by atoms with E-state index in [2.05, 4.69) is 9.47 Å². The van der Waals surface area contributed by atoms with Crippen molar-refractivity contribution in [1.29, 1.82) is 0 Å². The lowest BCUT2D eigenvalue weighted by Gasteiger charge is -2.11. The van der Waals surface area contributed by atoms with Crippen LogP contribution in [0.3, 0.4) is 0 Å². The standard InChI is InChI=1S/C11H12O8/c1-7(19-11(17)5-3-9(14)15)6-18-10(16)4-2-8(12)13/h2-5,7H,6H2,1H3,(H,12,13)(H,14,15)/p-1/b4-2-,5-3-. The number of carboxylic acid groups (broad SMARTS) is 2. The number of carboxylic acids is 2. The Labute approximate surface area is 107 Å². The third-order valence-electron chi connectivity index (χ3n) is 1.50. The summed E-state index contributed by atoms with van der Waals surface area (Å²) in [5.74, 6) is -4.69. The first kappa shape index (κ1) is 16.4. The molecule has 0 spiro atoms. The van der Waals surface area contributed by atoms with Gasteiger partial charge in [0.1, 0.15) is 12.7 Å². The Balaban J connectivity index is 4.02. The van der Waals surface area contributed by atoms with E-state index in [4.69, 9.17) is 5.11 Å². The first-order valence-electron chi connectivity index (χ1n) is 4.98. The van der Waals surface area contributed by atoms with Crippen LogP contribution >= 0.6 is 0 Å². The molecule has 0 aromatic carbocycles. The molecule has 1 N–H and O–H groups in total. The average Bonchev–Trinajstić information content (AvgIpc) is 2.31. The first-order chi connectivity index (χ1) is 8.81. The molecule has 0 aromatic heterocycles. The molecule has 0 bridgehead atoms. The Kier molecular flexibility index (Phi) is 7.28. The fraction of sp³-hybridized carbons (Fsp3) is 0.273. The fourth-order valence-electron chi connectivity index (χ4n) is 0.795. The van der Waals surface area contributed by atoms with Gasteiger partial charge in [0.25, 0.3) is 0 Å². The molecule has 0 saturated carbocycles. The van der Waals surface area contributed by atoms with E-state index in [-0.39, 0.29) is 6.61 Å². The molecular formula is C11H11O8-. The Morgan fingerprint density at radius 2 is 1.68 bits per heavy atom. The Bertz CT molecular complexity index is 420. The summed E-state index contributed by atoms with van der Waals surface area (Å²) in [6, 6.07) is 0. The average molecular weight is 271 g/mol. The Hall–Kier alpha value is -2.64. The molecule has 0 fully saturated rings. The number of ether oxygens (including phenoxy) is 2. The molecule has 0 aromatic rings. The maximum Gasteiger partial charge on any atom is 0.331 e. The smallest absolute Gasteiger partial charge is 0.331 e. The lowest BCUT2D eigenvalue weighted by atomic mass is 10.4. The molecule has 1 unspecified atom stereocenters. The van der Waals surface area contributed by atoms with Crippen LogP contribution in [0.5, 0.6) is 0 Å². The largest absolute Gasteiger partial charge is 0.545 e. The van der Waals surface area contributed by atoms with Crippen molar-refractivity contribution in [2.45, 2.75) is 13.0 Å². The number of aliphatic carboxylic acids is 2. The summed E-state index contributed by atoms with van der Waals surface area (Å²) in [5, 5.41) is 18.2. The monoisotopic (exact) mass is 271 g/mol. The molecule has 8 nitrogen and oxygen atoms in total. The number of hydrogen-bond donors (Lipinski definition) is 1. The van der Waals surface area contributed by atoms with Crippen LogP contribution in [-0.4, -0.2) is 41.7 Å². The zero-order valence-electron chi connectivity index (χ0n) is 9.90. The predicted octanol–water partition coefficient (Wildman–Crippen LogP) is -1.59. The van der Waals surface area contributed by atoms with E-state index in [9.17, 15) is 24.3 Å². The summed E-state index contributed by atoms with van der Waals surface area (Å²) in [6.45, 7) is 1.10. The molecule has 19 heavy (non-hydrogen) atoms. The van der Waals surface area contributed by atoms with Gasteiger partial charge in [-0.1, -0.05) is 0 Å². The molecule has 104 valence electrons. The summed E-state index contributed by atoms with van der Waals surface area (Å²) in [6.07, 6.45) is 1.63. The van der Waals surface area contributed by atoms with Gasteiger partial charge in [0.05, 0.1) is 5.97 Å². The van der Waals surface area contributed by atoms with Crippen molar-refractivity contribution in [2.24, 2.45) is 0 Å². The molecule has 0 aliphatic carbocycles.